The Kier molecular flexibility index (Phi) is 8.78. The van der Waals surface area contributed by atoms with E-state index in [9.17, 15) is 22.0 Å². The maximum Gasteiger partial charge on any atom is 0.304 e. The van der Waals surface area contributed by atoms with Crippen LogP contribution in [0.4, 0.5) is 14.6 Å². The van der Waals surface area contributed by atoms with Crippen molar-refractivity contribution in [3.63, 3.8) is 0 Å². The third-order valence-electron chi connectivity index (χ3n) is 4.50. The van der Waals surface area contributed by atoms with Crippen LogP contribution in [0.3, 0.4) is 0 Å². The van der Waals surface area contributed by atoms with Crippen molar-refractivity contribution in [1.29, 1.82) is 0 Å². The molecule has 0 fully saturated rings. The standard InChI is InChI=1S/C21H20ClF2N3O5S2/c22-15-9-19(34(30,31)27-20-11-33-12-26-20)16(24)10-18(15)32-17-4-3-14(23)8-13(17)2-1-6-25-7-5-21(28)29/h3-4,8-12,25,27H,1-2,5-7H2,(H,28,29). The Morgan fingerprint density at radius 2 is 1.97 bits per heavy atom. The van der Waals surface area contributed by atoms with Gasteiger partial charge in [0, 0.05) is 18.0 Å². The van der Waals surface area contributed by atoms with Crippen LogP contribution >= 0.6 is 22.9 Å². The molecule has 13 heteroatoms. The average Bonchev–Trinajstić information content (AvgIpc) is 3.26. The van der Waals surface area contributed by atoms with Crippen LogP contribution in [0.2, 0.25) is 5.02 Å². The molecule has 3 rings (SSSR count). The Balaban J connectivity index is 1.74. The first-order valence-electron chi connectivity index (χ1n) is 9.94. The van der Waals surface area contributed by atoms with E-state index < -0.39 is 32.5 Å². The normalized spacial score (nSPS) is 11.4. The van der Waals surface area contributed by atoms with E-state index in [1.165, 1.54) is 40.4 Å². The number of carboxylic acids is 1. The summed E-state index contributed by atoms with van der Waals surface area (Å²) in [6, 6.07) is 5.58. The van der Waals surface area contributed by atoms with Crippen molar-refractivity contribution in [2.45, 2.75) is 24.2 Å². The van der Waals surface area contributed by atoms with E-state index in [-0.39, 0.29) is 28.8 Å². The highest BCUT2D eigenvalue weighted by Crippen LogP contribution is 2.35. The zero-order chi connectivity index (χ0) is 24.7. The summed E-state index contributed by atoms with van der Waals surface area (Å²) in [4.78, 5) is 13.7. The molecular formula is C21H20ClF2N3O5S2. The first-order chi connectivity index (χ1) is 16.2. The molecule has 182 valence electrons. The second kappa shape index (κ2) is 11.6. The minimum Gasteiger partial charge on any atom is -0.481 e. The molecule has 2 aromatic carbocycles. The highest BCUT2D eigenvalue weighted by atomic mass is 35.5. The number of halogens is 3. The maximum atomic E-state index is 14.7. The number of aliphatic carboxylic acids is 1. The van der Waals surface area contributed by atoms with Gasteiger partial charge in [-0.05, 0) is 49.2 Å². The lowest BCUT2D eigenvalue weighted by molar-refractivity contribution is -0.136. The third kappa shape index (κ3) is 7.10. The molecule has 0 spiro atoms. The molecule has 0 atom stereocenters. The zero-order valence-electron chi connectivity index (χ0n) is 17.6. The number of aromatic nitrogens is 1. The first kappa shape index (κ1) is 25.8. The van der Waals surface area contributed by atoms with Gasteiger partial charge in [-0.1, -0.05) is 11.6 Å². The van der Waals surface area contributed by atoms with E-state index >= 15 is 0 Å². The molecule has 8 nitrogen and oxygen atoms in total. The van der Waals surface area contributed by atoms with Crippen molar-refractivity contribution in [3.8, 4) is 11.5 Å². The molecule has 3 N–H and O–H groups in total. The molecule has 0 saturated carbocycles. The summed E-state index contributed by atoms with van der Waals surface area (Å²) in [6.07, 6.45) is 0.932. The number of rotatable bonds is 12. The topological polar surface area (TPSA) is 118 Å². The Bertz CT molecular complexity index is 1260. The van der Waals surface area contributed by atoms with Gasteiger partial charge in [-0.2, -0.15) is 0 Å². The SMILES string of the molecule is O=C(O)CCNCCCc1cc(F)ccc1Oc1cc(F)c(S(=O)(=O)Nc2cscn2)cc1Cl. The van der Waals surface area contributed by atoms with Gasteiger partial charge < -0.3 is 15.2 Å². The molecule has 0 bridgehead atoms. The summed E-state index contributed by atoms with van der Waals surface area (Å²) in [5, 5.41) is 12.9. The van der Waals surface area contributed by atoms with Gasteiger partial charge in [0.15, 0.2) is 5.82 Å². The van der Waals surface area contributed by atoms with Crippen LogP contribution in [-0.2, 0) is 21.2 Å². The fourth-order valence-corrected chi connectivity index (χ4v) is 4.85. The number of aryl methyl sites for hydroxylation is 1. The zero-order valence-corrected chi connectivity index (χ0v) is 19.9. The van der Waals surface area contributed by atoms with Gasteiger partial charge in [0.25, 0.3) is 10.0 Å². The highest BCUT2D eigenvalue weighted by Gasteiger charge is 2.23. The van der Waals surface area contributed by atoms with E-state index in [2.05, 4.69) is 15.0 Å². The summed E-state index contributed by atoms with van der Waals surface area (Å²) in [7, 11) is -4.28. The number of thiazole rings is 1. The number of ether oxygens (including phenoxy) is 1. The Hall–Kier alpha value is -2.80. The number of sulfonamides is 1. The van der Waals surface area contributed by atoms with E-state index in [1.54, 1.807) is 0 Å². The second-order valence-electron chi connectivity index (χ2n) is 7.04. The molecule has 0 aliphatic rings. The number of carbonyl (C=O) groups is 1. The summed E-state index contributed by atoms with van der Waals surface area (Å²) in [6.45, 7) is 0.806. The smallest absolute Gasteiger partial charge is 0.304 e. The monoisotopic (exact) mass is 531 g/mol. The summed E-state index contributed by atoms with van der Waals surface area (Å²) >= 11 is 7.35. The molecule has 0 aliphatic carbocycles. The second-order valence-corrected chi connectivity index (χ2v) is 9.82. The number of hydrogen-bond donors (Lipinski definition) is 3. The van der Waals surface area contributed by atoms with Gasteiger partial charge in [-0.3, -0.25) is 9.52 Å². The highest BCUT2D eigenvalue weighted by molar-refractivity contribution is 7.92. The number of hydrogen-bond acceptors (Lipinski definition) is 7. The largest absolute Gasteiger partial charge is 0.481 e. The number of nitrogens with one attached hydrogen (secondary N) is 2. The van der Waals surface area contributed by atoms with E-state index in [0.29, 0.717) is 31.5 Å². The lowest BCUT2D eigenvalue weighted by atomic mass is 10.1. The molecule has 0 unspecified atom stereocenters. The van der Waals surface area contributed by atoms with Gasteiger partial charge in [0.05, 0.1) is 17.0 Å². The number of nitrogens with zero attached hydrogens (tertiary/aromatic N) is 1. The quantitative estimate of drug-likeness (QED) is 0.291. The van der Waals surface area contributed by atoms with Crippen molar-refractivity contribution < 1.29 is 31.8 Å². The molecule has 0 aliphatic heterocycles. The van der Waals surface area contributed by atoms with E-state index in [1.807, 2.05) is 0 Å². The molecule has 1 heterocycles. The fraction of sp³-hybridized carbons (Fsp3) is 0.238. The van der Waals surface area contributed by atoms with Gasteiger partial charge in [0.1, 0.15) is 28.0 Å². The van der Waals surface area contributed by atoms with Crippen LogP contribution in [0.1, 0.15) is 18.4 Å². The van der Waals surface area contributed by atoms with Crippen molar-refractivity contribution in [2.24, 2.45) is 0 Å². The minimum absolute atomic E-state index is 0.0105. The molecule has 3 aromatic rings. The Morgan fingerprint density at radius 1 is 1.18 bits per heavy atom. The van der Waals surface area contributed by atoms with Crippen molar-refractivity contribution >= 4 is 44.7 Å². The van der Waals surface area contributed by atoms with Gasteiger partial charge in [-0.25, -0.2) is 22.2 Å². The molecule has 0 saturated heterocycles. The number of carboxylic acid groups (broad SMARTS) is 1. The van der Waals surface area contributed by atoms with Gasteiger partial charge in [-0.15, -0.1) is 11.3 Å². The van der Waals surface area contributed by atoms with Crippen molar-refractivity contribution in [1.82, 2.24) is 10.3 Å². The Labute approximate surface area is 203 Å². The third-order valence-corrected chi connectivity index (χ3v) is 6.76. The molecule has 34 heavy (non-hydrogen) atoms. The lowest BCUT2D eigenvalue weighted by Crippen LogP contribution is -2.19. The Morgan fingerprint density at radius 3 is 2.68 bits per heavy atom. The fourth-order valence-electron chi connectivity index (χ4n) is 2.94. The van der Waals surface area contributed by atoms with Crippen molar-refractivity contribution in [3.05, 3.63) is 63.4 Å². The van der Waals surface area contributed by atoms with Crippen LogP contribution in [0.5, 0.6) is 11.5 Å². The predicted molar refractivity (Wildman–Crippen MR) is 124 cm³/mol. The van der Waals surface area contributed by atoms with Crippen LogP contribution < -0.4 is 14.8 Å². The number of benzene rings is 2. The summed E-state index contributed by atoms with van der Waals surface area (Å²) in [5.41, 5.74) is 1.91. The van der Waals surface area contributed by atoms with Gasteiger partial charge in [0.2, 0.25) is 0 Å². The van der Waals surface area contributed by atoms with Crippen LogP contribution in [0.25, 0.3) is 0 Å². The average molecular weight is 532 g/mol. The van der Waals surface area contributed by atoms with Crippen LogP contribution in [0, 0.1) is 11.6 Å². The van der Waals surface area contributed by atoms with Gasteiger partial charge >= 0.3 is 5.97 Å². The van der Waals surface area contributed by atoms with Crippen LogP contribution in [0.15, 0.2) is 46.1 Å². The van der Waals surface area contributed by atoms with E-state index in [4.69, 9.17) is 21.4 Å². The summed E-state index contributed by atoms with van der Waals surface area (Å²) < 4.78 is 61.4. The summed E-state index contributed by atoms with van der Waals surface area (Å²) in [5.74, 6) is -2.35. The molecule has 0 radical (unpaired) electrons. The first-order valence-corrected chi connectivity index (χ1v) is 12.7. The number of anilines is 1. The molecular weight excluding hydrogens is 512 g/mol. The maximum absolute atomic E-state index is 14.7. The predicted octanol–water partition coefficient (Wildman–Crippen LogP) is 4.66. The molecule has 1 aromatic heterocycles. The van der Waals surface area contributed by atoms with Crippen molar-refractivity contribution in [2.75, 3.05) is 17.8 Å². The lowest BCUT2D eigenvalue weighted by Gasteiger charge is -2.14. The van der Waals surface area contributed by atoms with Crippen LogP contribution in [-0.4, -0.2) is 37.6 Å². The minimum atomic E-state index is -4.28. The molecule has 0 amide bonds. The van der Waals surface area contributed by atoms with E-state index in [0.717, 1.165) is 12.1 Å².